The number of aromatic nitrogens is 1. The fourth-order valence-corrected chi connectivity index (χ4v) is 3.75. The van der Waals surface area contributed by atoms with E-state index in [1.807, 2.05) is 54.6 Å². The molecule has 2 aromatic carbocycles. The van der Waals surface area contributed by atoms with Gasteiger partial charge in [-0.1, -0.05) is 36.4 Å². The predicted molar refractivity (Wildman–Crippen MR) is 114 cm³/mol. The van der Waals surface area contributed by atoms with E-state index >= 15 is 0 Å². The van der Waals surface area contributed by atoms with Crippen LogP contribution in [0.2, 0.25) is 0 Å². The second-order valence-electron chi connectivity index (χ2n) is 7.29. The van der Waals surface area contributed by atoms with Crippen LogP contribution in [0.5, 0.6) is 17.2 Å². The Balaban J connectivity index is 1.53. The molecule has 1 N–H and O–H groups in total. The van der Waals surface area contributed by atoms with Crippen molar-refractivity contribution in [2.75, 3.05) is 26.1 Å². The summed E-state index contributed by atoms with van der Waals surface area (Å²) < 4.78 is 16.8. The number of methoxy groups -OCH3 is 2. The van der Waals surface area contributed by atoms with Crippen molar-refractivity contribution in [2.45, 2.75) is 11.8 Å². The molecule has 1 amide bonds. The average Bonchev–Trinajstić information content (AvgIpc) is 3.55. The van der Waals surface area contributed by atoms with Crippen LogP contribution in [-0.2, 0) is 10.2 Å². The number of hydrogen-bond acceptors (Lipinski definition) is 5. The van der Waals surface area contributed by atoms with E-state index in [1.54, 1.807) is 32.5 Å². The van der Waals surface area contributed by atoms with Gasteiger partial charge in [0.05, 0.1) is 26.7 Å². The number of ether oxygens (including phenoxy) is 3. The summed E-state index contributed by atoms with van der Waals surface area (Å²) in [6, 6.07) is 20.9. The summed E-state index contributed by atoms with van der Waals surface area (Å²) in [5.74, 6) is 2.22. The van der Waals surface area contributed by atoms with Gasteiger partial charge in [0.25, 0.3) is 0 Å². The van der Waals surface area contributed by atoms with Crippen LogP contribution in [0, 0.1) is 5.92 Å². The molecule has 0 bridgehead atoms. The van der Waals surface area contributed by atoms with Gasteiger partial charge in [-0.2, -0.15) is 0 Å². The summed E-state index contributed by atoms with van der Waals surface area (Å²) >= 11 is 0. The van der Waals surface area contributed by atoms with Crippen LogP contribution in [0.3, 0.4) is 0 Å². The quantitative estimate of drug-likeness (QED) is 0.613. The molecular weight excluding hydrogens is 380 g/mol. The number of rotatable bonds is 8. The summed E-state index contributed by atoms with van der Waals surface area (Å²) in [6.45, 7) is 0.382. The molecule has 1 heterocycles. The zero-order chi connectivity index (χ0) is 21.0. The maximum atomic E-state index is 12.9. The third-order valence-corrected chi connectivity index (χ3v) is 5.51. The standard InChI is InChI=1S/C24H24N2O4/c1-28-20-12-11-18(14-21(20)29-2)30-16-24(17-8-4-3-5-9-17)15-19(24)23(27)26-22-10-6-7-13-25-22/h3-14,19H,15-16H2,1-2H3,(H,25,26,27)/t19-,24+/m0/s1. The molecule has 3 aromatic rings. The second kappa shape index (κ2) is 8.45. The molecule has 4 rings (SSSR count). The highest BCUT2D eigenvalue weighted by atomic mass is 16.5. The first-order valence-corrected chi connectivity index (χ1v) is 9.78. The molecule has 6 nitrogen and oxygen atoms in total. The van der Waals surface area contributed by atoms with E-state index in [9.17, 15) is 4.79 Å². The van der Waals surface area contributed by atoms with Crippen LogP contribution in [0.4, 0.5) is 5.82 Å². The maximum absolute atomic E-state index is 12.9. The number of benzene rings is 2. The number of carbonyl (C=O) groups is 1. The van der Waals surface area contributed by atoms with Crippen LogP contribution in [0.15, 0.2) is 72.9 Å². The van der Waals surface area contributed by atoms with Gasteiger partial charge in [0.15, 0.2) is 11.5 Å². The highest BCUT2D eigenvalue weighted by Gasteiger charge is 2.60. The van der Waals surface area contributed by atoms with E-state index in [0.29, 0.717) is 36.1 Å². The van der Waals surface area contributed by atoms with Gasteiger partial charge >= 0.3 is 0 Å². The van der Waals surface area contributed by atoms with Gasteiger partial charge < -0.3 is 19.5 Å². The first-order chi connectivity index (χ1) is 14.7. The summed E-state index contributed by atoms with van der Waals surface area (Å²) in [7, 11) is 3.18. The van der Waals surface area contributed by atoms with E-state index in [0.717, 1.165) is 5.56 Å². The summed E-state index contributed by atoms with van der Waals surface area (Å²) in [4.78, 5) is 17.1. The number of hydrogen-bond donors (Lipinski definition) is 1. The Morgan fingerprint density at radius 2 is 1.80 bits per heavy atom. The Hall–Kier alpha value is -3.54. The van der Waals surface area contributed by atoms with Crippen molar-refractivity contribution in [1.82, 2.24) is 4.98 Å². The molecule has 1 saturated carbocycles. The lowest BCUT2D eigenvalue weighted by Crippen LogP contribution is -2.26. The Labute approximate surface area is 175 Å². The topological polar surface area (TPSA) is 69.7 Å². The highest BCUT2D eigenvalue weighted by molar-refractivity contribution is 5.95. The third kappa shape index (κ3) is 3.94. The Kier molecular flexibility index (Phi) is 5.57. The molecule has 0 radical (unpaired) electrons. The number of anilines is 1. The fraction of sp³-hybridized carbons (Fsp3) is 0.250. The summed E-state index contributed by atoms with van der Waals surface area (Å²) in [5, 5.41) is 2.92. The van der Waals surface area contributed by atoms with E-state index in [2.05, 4.69) is 10.3 Å². The van der Waals surface area contributed by atoms with Crippen LogP contribution in [-0.4, -0.2) is 31.7 Å². The zero-order valence-electron chi connectivity index (χ0n) is 17.0. The Morgan fingerprint density at radius 1 is 1.03 bits per heavy atom. The van der Waals surface area contributed by atoms with Gasteiger partial charge in [0.1, 0.15) is 11.6 Å². The molecule has 154 valence electrons. The van der Waals surface area contributed by atoms with E-state index < -0.39 is 0 Å². The molecule has 0 aliphatic heterocycles. The lowest BCUT2D eigenvalue weighted by molar-refractivity contribution is -0.117. The normalized spacial score (nSPS) is 19.6. The van der Waals surface area contributed by atoms with E-state index in [1.165, 1.54) is 0 Å². The number of nitrogens with zero attached hydrogens (tertiary/aromatic N) is 1. The predicted octanol–water partition coefficient (Wildman–Crippen LogP) is 4.07. The molecular formula is C24H24N2O4. The number of nitrogens with one attached hydrogen (secondary N) is 1. The van der Waals surface area contributed by atoms with Crippen molar-refractivity contribution < 1.29 is 19.0 Å². The zero-order valence-corrected chi connectivity index (χ0v) is 17.0. The first kappa shape index (κ1) is 19.8. The lowest BCUT2D eigenvalue weighted by atomic mass is 9.93. The minimum atomic E-state index is -0.382. The molecule has 1 aliphatic carbocycles. The lowest BCUT2D eigenvalue weighted by Gasteiger charge is -2.19. The SMILES string of the molecule is COc1ccc(OC[C@@]2(c3ccccc3)C[C@H]2C(=O)Nc2ccccn2)cc1OC. The van der Waals surface area contributed by atoms with Gasteiger partial charge in [-0.15, -0.1) is 0 Å². The third-order valence-electron chi connectivity index (χ3n) is 5.51. The molecule has 0 spiro atoms. The van der Waals surface area contributed by atoms with Crippen molar-refractivity contribution in [3.63, 3.8) is 0 Å². The summed E-state index contributed by atoms with van der Waals surface area (Å²) in [6.07, 6.45) is 2.37. The van der Waals surface area contributed by atoms with Gasteiger partial charge in [0, 0.05) is 17.7 Å². The van der Waals surface area contributed by atoms with E-state index in [4.69, 9.17) is 14.2 Å². The van der Waals surface area contributed by atoms with E-state index in [-0.39, 0.29) is 17.2 Å². The van der Waals surface area contributed by atoms with Crippen molar-refractivity contribution >= 4 is 11.7 Å². The second-order valence-corrected chi connectivity index (χ2v) is 7.29. The molecule has 0 unspecified atom stereocenters. The van der Waals surface area contributed by atoms with Crippen LogP contribution in [0.1, 0.15) is 12.0 Å². The van der Waals surface area contributed by atoms with Crippen LogP contribution >= 0.6 is 0 Å². The number of pyridine rings is 1. The highest BCUT2D eigenvalue weighted by Crippen LogP contribution is 2.55. The molecule has 1 aliphatic rings. The van der Waals surface area contributed by atoms with Crippen LogP contribution < -0.4 is 19.5 Å². The van der Waals surface area contributed by atoms with Crippen molar-refractivity contribution in [1.29, 1.82) is 0 Å². The number of amides is 1. The molecule has 6 heteroatoms. The van der Waals surface area contributed by atoms with Crippen LogP contribution in [0.25, 0.3) is 0 Å². The van der Waals surface area contributed by atoms with Gasteiger partial charge in [-0.3, -0.25) is 4.79 Å². The monoisotopic (exact) mass is 404 g/mol. The smallest absolute Gasteiger partial charge is 0.229 e. The number of carbonyl (C=O) groups excluding carboxylic acids is 1. The fourth-order valence-electron chi connectivity index (χ4n) is 3.75. The van der Waals surface area contributed by atoms with Crippen molar-refractivity contribution in [2.24, 2.45) is 5.92 Å². The Bertz CT molecular complexity index is 1010. The van der Waals surface area contributed by atoms with Crippen molar-refractivity contribution in [3.8, 4) is 17.2 Å². The van der Waals surface area contributed by atoms with Crippen molar-refractivity contribution in [3.05, 3.63) is 78.5 Å². The van der Waals surface area contributed by atoms with Gasteiger partial charge in [-0.05, 0) is 36.2 Å². The molecule has 30 heavy (non-hydrogen) atoms. The summed E-state index contributed by atoms with van der Waals surface area (Å²) in [5.41, 5.74) is 0.708. The molecule has 2 atom stereocenters. The minimum Gasteiger partial charge on any atom is -0.493 e. The van der Waals surface area contributed by atoms with Gasteiger partial charge in [-0.25, -0.2) is 4.98 Å². The largest absolute Gasteiger partial charge is 0.493 e. The molecule has 1 aromatic heterocycles. The average molecular weight is 404 g/mol. The molecule has 1 fully saturated rings. The minimum absolute atomic E-state index is 0.0477. The molecule has 0 saturated heterocycles. The maximum Gasteiger partial charge on any atom is 0.229 e. The van der Waals surface area contributed by atoms with Gasteiger partial charge in [0.2, 0.25) is 5.91 Å². The first-order valence-electron chi connectivity index (χ1n) is 9.78. The Morgan fingerprint density at radius 3 is 2.50 bits per heavy atom.